The minimum Gasteiger partial charge on any atom is -0.483 e. The number of carboxylic acid groups (broad SMARTS) is 1. The van der Waals surface area contributed by atoms with E-state index in [1.54, 1.807) is 23.6 Å². The number of benzene rings is 2. The highest BCUT2D eigenvalue weighted by atomic mass is 16.5. The number of carbonyl (C=O) groups excluding carboxylic acids is 1. The minimum atomic E-state index is -0.941. The molecule has 0 bridgehead atoms. The van der Waals surface area contributed by atoms with E-state index < -0.39 is 5.97 Å². The Kier molecular flexibility index (Phi) is 5.86. The number of nitrogens with zero attached hydrogens (tertiary/aromatic N) is 3. The van der Waals surface area contributed by atoms with E-state index in [1.165, 1.54) is 6.20 Å². The third kappa shape index (κ3) is 4.30. The van der Waals surface area contributed by atoms with Crippen molar-refractivity contribution in [2.75, 3.05) is 25.1 Å². The largest absolute Gasteiger partial charge is 0.483 e. The Morgan fingerprint density at radius 2 is 1.89 bits per heavy atom. The highest BCUT2D eigenvalue weighted by Crippen LogP contribution is 2.32. The fraction of sp³-hybridized carbons (Fsp3) is 0.222. The Morgan fingerprint density at radius 1 is 1.11 bits per heavy atom. The van der Waals surface area contributed by atoms with Crippen LogP contribution in [0.15, 0.2) is 66.9 Å². The van der Waals surface area contributed by atoms with Gasteiger partial charge in [-0.1, -0.05) is 30.3 Å². The predicted molar refractivity (Wildman–Crippen MR) is 132 cm³/mol. The lowest BCUT2D eigenvalue weighted by molar-refractivity contribution is -0.136. The van der Waals surface area contributed by atoms with Crippen LogP contribution >= 0.6 is 0 Å². The highest BCUT2D eigenvalue weighted by molar-refractivity contribution is 6.04. The lowest BCUT2D eigenvalue weighted by Crippen LogP contribution is -2.41. The van der Waals surface area contributed by atoms with Gasteiger partial charge in [-0.3, -0.25) is 14.2 Å². The monoisotopic (exact) mass is 471 g/mol. The molecule has 0 amide bonds. The molecule has 1 atom stereocenters. The average molecular weight is 472 g/mol. The molecule has 0 saturated heterocycles. The van der Waals surface area contributed by atoms with Gasteiger partial charge in [0.1, 0.15) is 12.4 Å². The van der Waals surface area contributed by atoms with Crippen LogP contribution in [0.4, 0.5) is 5.69 Å². The Hall–Kier alpha value is -4.33. The van der Waals surface area contributed by atoms with Gasteiger partial charge in [0.15, 0.2) is 6.10 Å². The van der Waals surface area contributed by atoms with Crippen molar-refractivity contribution in [1.82, 2.24) is 9.55 Å². The molecule has 8 heteroatoms. The topological polar surface area (TPSA) is 93.9 Å². The minimum absolute atomic E-state index is 0.152. The van der Waals surface area contributed by atoms with Gasteiger partial charge in [-0.15, -0.1) is 0 Å². The smallest absolute Gasteiger partial charge is 0.307 e. The summed E-state index contributed by atoms with van der Waals surface area (Å²) in [4.78, 5) is 31.2. The zero-order chi connectivity index (χ0) is 24.5. The molecule has 0 spiro atoms. The summed E-state index contributed by atoms with van der Waals surface area (Å²) in [5.41, 5.74) is 3.34. The van der Waals surface area contributed by atoms with E-state index in [0.717, 1.165) is 16.8 Å². The molecule has 4 aromatic rings. The van der Waals surface area contributed by atoms with Gasteiger partial charge in [0.25, 0.3) is 5.91 Å². The van der Waals surface area contributed by atoms with E-state index in [4.69, 9.17) is 9.47 Å². The first-order chi connectivity index (χ1) is 16.9. The maximum absolute atomic E-state index is 13.4. The van der Waals surface area contributed by atoms with Crippen LogP contribution in [-0.2, 0) is 11.2 Å². The molecule has 0 radical (unpaired) electrons. The van der Waals surface area contributed by atoms with Gasteiger partial charge in [-0.2, -0.15) is 0 Å². The maximum Gasteiger partial charge on any atom is 0.307 e. The van der Waals surface area contributed by atoms with E-state index >= 15 is 0 Å². The maximum atomic E-state index is 13.4. The van der Waals surface area contributed by atoms with Gasteiger partial charge in [-0.25, -0.2) is 4.98 Å². The third-order valence-corrected chi connectivity index (χ3v) is 6.22. The molecular weight excluding hydrogens is 446 g/mol. The first kappa shape index (κ1) is 22.5. The standard InChI is InChI=1S/C27H25N3O5/c1-17-21(13-26(31)32)20-7-3-4-8-22(20)30(17)27(33)18-11-12-25(28-14-18)34-16-19-15-29(2)23-9-5-6-10-24(23)35-19/h3-12,14,19H,13,15-16H2,1-2H3,(H,31,32)/t19-/m0/s1. The Bertz CT molecular complexity index is 1410. The van der Waals surface area contributed by atoms with Gasteiger partial charge in [0, 0.05) is 30.4 Å². The van der Waals surface area contributed by atoms with E-state index in [9.17, 15) is 14.7 Å². The Labute approximate surface area is 202 Å². The van der Waals surface area contributed by atoms with Gasteiger partial charge in [0.05, 0.1) is 29.7 Å². The lowest BCUT2D eigenvalue weighted by atomic mass is 10.1. The van der Waals surface area contributed by atoms with E-state index in [1.807, 2.05) is 55.6 Å². The molecule has 1 aliphatic heterocycles. The second kappa shape index (κ2) is 9.13. The number of carbonyl (C=O) groups is 2. The molecule has 0 aliphatic carbocycles. The van der Waals surface area contributed by atoms with E-state index in [0.29, 0.717) is 41.4 Å². The molecule has 0 saturated carbocycles. The molecule has 8 nitrogen and oxygen atoms in total. The molecule has 1 N–H and O–H groups in total. The number of aromatic nitrogens is 2. The predicted octanol–water partition coefficient (Wildman–Crippen LogP) is 3.94. The number of ether oxygens (including phenoxy) is 2. The van der Waals surface area contributed by atoms with Crippen LogP contribution in [0.1, 0.15) is 21.6 Å². The highest BCUT2D eigenvalue weighted by Gasteiger charge is 2.24. The lowest BCUT2D eigenvalue weighted by Gasteiger charge is -2.33. The second-order valence-corrected chi connectivity index (χ2v) is 8.58. The summed E-state index contributed by atoms with van der Waals surface area (Å²) in [6.07, 6.45) is 1.17. The number of hydrogen-bond donors (Lipinski definition) is 1. The van der Waals surface area contributed by atoms with Crippen LogP contribution in [0.25, 0.3) is 10.9 Å². The van der Waals surface area contributed by atoms with Crippen molar-refractivity contribution in [3.8, 4) is 11.6 Å². The van der Waals surface area contributed by atoms with Crippen molar-refractivity contribution in [2.24, 2.45) is 0 Å². The van der Waals surface area contributed by atoms with Crippen molar-refractivity contribution in [1.29, 1.82) is 0 Å². The number of likely N-dealkylation sites (N-methyl/N-ethyl adjacent to an activating group) is 1. The SMILES string of the molecule is Cc1c(CC(=O)O)c2ccccc2n1C(=O)c1ccc(OC[C@@H]2CN(C)c3ccccc3O2)nc1. The van der Waals surface area contributed by atoms with Gasteiger partial charge >= 0.3 is 5.97 Å². The summed E-state index contributed by atoms with van der Waals surface area (Å²) in [6, 6.07) is 18.5. The molecule has 0 unspecified atom stereocenters. The normalized spacial score (nSPS) is 14.9. The molecule has 2 aromatic heterocycles. The van der Waals surface area contributed by atoms with E-state index in [2.05, 4.69) is 9.88 Å². The summed E-state index contributed by atoms with van der Waals surface area (Å²) in [7, 11) is 2.02. The van der Waals surface area contributed by atoms with E-state index in [-0.39, 0.29) is 18.4 Å². The zero-order valence-corrected chi connectivity index (χ0v) is 19.5. The first-order valence-electron chi connectivity index (χ1n) is 11.3. The quantitative estimate of drug-likeness (QED) is 0.455. The fourth-order valence-electron chi connectivity index (χ4n) is 4.55. The number of pyridine rings is 1. The van der Waals surface area contributed by atoms with Crippen LogP contribution in [0.2, 0.25) is 0 Å². The van der Waals surface area contributed by atoms with Crippen molar-refractivity contribution >= 4 is 28.5 Å². The number of carboxylic acids is 1. The number of rotatable bonds is 6. The molecule has 3 heterocycles. The molecule has 178 valence electrons. The van der Waals surface area contributed by atoms with Crippen LogP contribution in [-0.4, -0.2) is 52.8 Å². The number of fused-ring (bicyclic) bond motifs is 2. The fourth-order valence-corrected chi connectivity index (χ4v) is 4.55. The van der Waals surface area contributed by atoms with Crippen LogP contribution in [0.5, 0.6) is 11.6 Å². The Morgan fingerprint density at radius 3 is 2.66 bits per heavy atom. The van der Waals surface area contributed by atoms with Crippen molar-refractivity contribution in [3.05, 3.63) is 83.7 Å². The van der Waals surface area contributed by atoms with Gasteiger partial charge in [0.2, 0.25) is 5.88 Å². The van der Waals surface area contributed by atoms with Crippen LogP contribution < -0.4 is 14.4 Å². The summed E-state index contributed by atoms with van der Waals surface area (Å²) in [5.74, 6) is -0.000800. The molecule has 1 aliphatic rings. The summed E-state index contributed by atoms with van der Waals surface area (Å²) < 4.78 is 13.4. The van der Waals surface area contributed by atoms with Crippen LogP contribution in [0.3, 0.4) is 0 Å². The van der Waals surface area contributed by atoms with Gasteiger partial charge < -0.3 is 19.5 Å². The molecule has 2 aromatic carbocycles. The summed E-state index contributed by atoms with van der Waals surface area (Å²) in [6.45, 7) is 2.77. The number of hydrogen-bond acceptors (Lipinski definition) is 6. The first-order valence-corrected chi connectivity index (χ1v) is 11.3. The van der Waals surface area contributed by atoms with Crippen LogP contribution in [0, 0.1) is 6.92 Å². The summed E-state index contributed by atoms with van der Waals surface area (Å²) in [5, 5.41) is 10.1. The zero-order valence-electron chi connectivity index (χ0n) is 19.5. The van der Waals surface area contributed by atoms with Gasteiger partial charge in [-0.05, 0) is 36.8 Å². The molecule has 35 heavy (non-hydrogen) atoms. The molecule has 5 rings (SSSR count). The molecule has 0 fully saturated rings. The summed E-state index contributed by atoms with van der Waals surface area (Å²) >= 11 is 0. The number of para-hydroxylation sites is 3. The third-order valence-electron chi connectivity index (χ3n) is 6.22. The average Bonchev–Trinajstić information content (AvgIpc) is 3.13. The second-order valence-electron chi connectivity index (χ2n) is 8.58. The Balaban J connectivity index is 1.32. The molecular formula is C27H25N3O5. The van der Waals surface area contributed by atoms with Crippen molar-refractivity contribution in [2.45, 2.75) is 19.4 Å². The van der Waals surface area contributed by atoms with Crippen molar-refractivity contribution < 1.29 is 24.2 Å². The van der Waals surface area contributed by atoms with Crippen molar-refractivity contribution in [3.63, 3.8) is 0 Å². The number of aliphatic carboxylic acids is 1. The number of anilines is 1.